The molecule has 30 heavy (non-hydrogen) atoms. The fraction of sp³-hybridized carbons (Fsp3) is 0.444. The Morgan fingerprint density at radius 3 is 2.50 bits per heavy atom. The van der Waals surface area contributed by atoms with Crippen molar-refractivity contribution in [1.29, 1.82) is 0 Å². The summed E-state index contributed by atoms with van der Waals surface area (Å²) in [6.45, 7) is 3.53. The average Bonchev–Trinajstić information content (AvgIpc) is 2.61. The molecule has 1 aromatic heterocycles. The van der Waals surface area contributed by atoms with Crippen LogP contribution in [0.15, 0.2) is 24.3 Å². The predicted molar refractivity (Wildman–Crippen MR) is 112 cm³/mol. The number of rotatable bonds is 5. The number of nitrogens with zero attached hydrogens (tertiary/aromatic N) is 2. The van der Waals surface area contributed by atoms with Gasteiger partial charge in [0.1, 0.15) is 5.82 Å². The van der Waals surface area contributed by atoms with Gasteiger partial charge in [0.15, 0.2) is 0 Å². The van der Waals surface area contributed by atoms with Gasteiger partial charge >= 0.3 is 6.18 Å². The maximum Gasteiger partial charge on any atom is 0.416 e. The van der Waals surface area contributed by atoms with Crippen molar-refractivity contribution in [1.82, 2.24) is 15.5 Å². The Morgan fingerprint density at radius 2 is 1.93 bits per heavy atom. The Bertz CT molecular complexity index is 996. The summed E-state index contributed by atoms with van der Waals surface area (Å²) in [4.78, 5) is 0. The van der Waals surface area contributed by atoms with E-state index in [1.807, 2.05) is 0 Å². The molecule has 2 aromatic rings. The van der Waals surface area contributed by atoms with Crippen LogP contribution in [0.2, 0.25) is 0 Å². The summed E-state index contributed by atoms with van der Waals surface area (Å²) in [5, 5.41) is 14.8. The van der Waals surface area contributed by atoms with E-state index in [0.717, 1.165) is 44.3 Å². The number of alkyl halides is 3. The van der Waals surface area contributed by atoms with E-state index in [2.05, 4.69) is 25.6 Å². The van der Waals surface area contributed by atoms with Gasteiger partial charge in [0, 0.05) is 18.2 Å². The Kier molecular flexibility index (Phi) is 7.54. The summed E-state index contributed by atoms with van der Waals surface area (Å²) in [5.74, 6) is 0.560. The van der Waals surface area contributed by atoms with Crippen LogP contribution in [0, 0.1) is 6.92 Å². The number of sulfonamides is 1. The summed E-state index contributed by atoms with van der Waals surface area (Å²) < 4.78 is 64.7. The van der Waals surface area contributed by atoms with Crippen LogP contribution in [0.4, 0.5) is 24.7 Å². The van der Waals surface area contributed by atoms with Gasteiger partial charge in [-0.1, -0.05) is 6.07 Å². The van der Waals surface area contributed by atoms with E-state index in [1.165, 1.54) is 6.07 Å². The lowest BCUT2D eigenvalue weighted by molar-refractivity contribution is -0.137. The number of piperidine rings is 1. The van der Waals surface area contributed by atoms with Gasteiger partial charge in [0.25, 0.3) is 0 Å². The van der Waals surface area contributed by atoms with E-state index in [-0.39, 0.29) is 29.7 Å². The first-order chi connectivity index (χ1) is 13.5. The van der Waals surface area contributed by atoms with Gasteiger partial charge in [0.05, 0.1) is 23.2 Å². The Labute approximate surface area is 179 Å². The van der Waals surface area contributed by atoms with Gasteiger partial charge in [-0.15, -0.1) is 22.6 Å². The molecule has 0 spiro atoms. The molecule has 2 heterocycles. The monoisotopic (exact) mass is 465 g/mol. The zero-order valence-electron chi connectivity index (χ0n) is 16.4. The van der Waals surface area contributed by atoms with E-state index < -0.39 is 21.8 Å². The van der Waals surface area contributed by atoms with Crippen LogP contribution in [0.1, 0.15) is 24.0 Å². The molecule has 0 amide bonds. The van der Waals surface area contributed by atoms with Crippen LogP contribution in [0.5, 0.6) is 0 Å². The quantitative estimate of drug-likeness (QED) is 0.626. The number of hydrogen-bond acceptors (Lipinski definition) is 6. The first kappa shape index (κ1) is 24.2. The first-order valence-electron chi connectivity index (χ1n) is 9.04. The fourth-order valence-corrected chi connectivity index (χ4v) is 3.79. The third-order valence-electron chi connectivity index (χ3n) is 4.53. The van der Waals surface area contributed by atoms with Crippen LogP contribution in [-0.4, -0.2) is 44.0 Å². The number of anilines is 2. The van der Waals surface area contributed by atoms with Crippen molar-refractivity contribution in [3.05, 3.63) is 35.4 Å². The van der Waals surface area contributed by atoms with Crippen molar-refractivity contribution in [2.24, 2.45) is 0 Å². The van der Waals surface area contributed by atoms with Crippen LogP contribution in [0.25, 0.3) is 11.3 Å². The summed E-state index contributed by atoms with van der Waals surface area (Å²) in [6, 6.07) is 4.82. The molecule has 0 unspecified atom stereocenters. The topological polar surface area (TPSA) is 96.0 Å². The van der Waals surface area contributed by atoms with Crippen LogP contribution in [-0.2, 0) is 16.2 Å². The molecule has 7 nitrogen and oxygen atoms in total. The number of nitrogens with one attached hydrogen (secondary N) is 3. The standard InChI is InChI=1S/C18H22F3N5O2S.ClH/c1-11-8-16(23-13-4-3-7-22-10-13)24-25-17(11)14-6-5-12(18(19,20)21)9-15(14)26-29(2,27)28;/h5-6,8-9,13,22,26H,3-4,7,10H2,1-2H3,(H,23,24);1H/t13-;/m1./s1. The number of aryl methyl sites for hydroxylation is 1. The normalized spacial score (nSPS) is 17.2. The number of benzene rings is 1. The fourth-order valence-electron chi connectivity index (χ4n) is 3.22. The molecule has 1 aromatic carbocycles. The van der Waals surface area contributed by atoms with Crippen molar-refractivity contribution in [3.63, 3.8) is 0 Å². The van der Waals surface area contributed by atoms with Crippen molar-refractivity contribution >= 4 is 33.9 Å². The first-order valence-corrected chi connectivity index (χ1v) is 10.9. The van der Waals surface area contributed by atoms with E-state index in [1.54, 1.807) is 13.0 Å². The number of halogens is 4. The van der Waals surface area contributed by atoms with Gasteiger partial charge in [-0.05, 0) is 50.1 Å². The largest absolute Gasteiger partial charge is 0.416 e. The number of hydrogen-bond donors (Lipinski definition) is 3. The van der Waals surface area contributed by atoms with Gasteiger partial charge in [-0.2, -0.15) is 13.2 Å². The molecule has 166 valence electrons. The minimum absolute atomic E-state index is 0. The van der Waals surface area contributed by atoms with Crippen molar-refractivity contribution in [3.8, 4) is 11.3 Å². The molecule has 0 saturated carbocycles. The minimum atomic E-state index is -4.60. The molecule has 1 atom stereocenters. The van der Waals surface area contributed by atoms with Gasteiger partial charge in [0.2, 0.25) is 10.0 Å². The zero-order chi connectivity index (χ0) is 21.2. The molecule has 1 aliphatic heterocycles. The lowest BCUT2D eigenvalue weighted by atomic mass is 10.0. The van der Waals surface area contributed by atoms with Gasteiger partial charge < -0.3 is 10.6 Å². The van der Waals surface area contributed by atoms with Gasteiger partial charge in [-0.25, -0.2) is 8.42 Å². The molecular formula is C18H23ClF3N5O2S. The highest BCUT2D eigenvalue weighted by atomic mass is 35.5. The smallest absolute Gasteiger partial charge is 0.365 e. The summed E-state index contributed by atoms with van der Waals surface area (Å²) in [7, 11) is -3.79. The third kappa shape index (κ3) is 6.19. The van der Waals surface area contributed by atoms with E-state index in [9.17, 15) is 21.6 Å². The third-order valence-corrected chi connectivity index (χ3v) is 5.12. The zero-order valence-corrected chi connectivity index (χ0v) is 18.0. The maximum atomic E-state index is 13.1. The lowest BCUT2D eigenvalue weighted by Crippen LogP contribution is -2.38. The second-order valence-corrected chi connectivity index (χ2v) is 8.83. The summed E-state index contributed by atoms with van der Waals surface area (Å²) in [5.41, 5.74) is 0.0251. The van der Waals surface area contributed by atoms with Crippen molar-refractivity contribution in [2.45, 2.75) is 32.0 Å². The molecule has 0 aliphatic carbocycles. The second-order valence-electron chi connectivity index (χ2n) is 7.08. The Hall–Kier alpha value is -2.11. The average molecular weight is 466 g/mol. The van der Waals surface area contributed by atoms with Gasteiger partial charge in [-0.3, -0.25) is 4.72 Å². The second kappa shape index (κ2) is 9.36. The lowest BCUT2D eigenvalue weighted by Gasteiger charge is -2.24. The predicted octanol–water partition coefficient (Wildman–Crippen LogP) is 3.43. The van der Waals surface area contributed by atoms with E-state index in [4.69, 9.17) is 0 Å². The Balaban J connectivity index is 0.00000320. The Morgan fingerprint density at radius 1 is 1.20 bits per heavy atom. The molecular weight excluding hydrogens is 443 g/mol. The molecule has 1 fully saturated rings. The number of aromatic nitrogens is 2. The molecule has 0 radical (unpaired) electrons. The maximum absolute atomic E-state index is 13.1. The van der Waals surface area contributed by atoms with Crippen molar-refractivity contribution in [2.75, 3.05) is 29.4 Å². The van der Waals surface area contributed by atoms with E-state index in [0.29, 0.717) is 17.1 Å². The van der Waals surface area contributed by atoms with Crippen molar-refractivity contribution < 1.29 is 21.6 Å². The molecule has 1 aliphatic rings. The molecule has 12 heteroatoms. The molecule has 3 N–H and O–H groups in total. The highest BCUT2D eigenvalue weighted by Crippen LogP contribution is 2.36. The van der Waals surface area contributed by atoms with Crippen LogP contribution in [0.3, 0.4) is 0 Å². The SMILES string of the molecule is Cc1cc(N[C@@H]2CCCNC2)nnc1-c1ccc(C(F)(F)F)cc1NS(C)(=O)=O.Cl. The molecule has 1 saturated heterocycles. The molecule has 3 rings (SSSR count). The van der Waals surface area contributed by atoms with Crippen LogP contribution < -0.4 is 15.4 Å². The van der Waals surface area contributed by atoms with E-state index >= 15 is 0 Å². The highest BCUT2D eigenvalue weighted by Gasteiger charge is 2.31. The molecule has 0 bridgehead atoms. The summed E-state index contributed by atoms with van der Waals surface area (Å²) in [6.07, 6.45) is -1.68. The highest BCUT2D eigenvalue weighted by molar-refractivity contribution is 7.92. The van der Waals surface area contributed by atoms with Crippen LogP contribution >= 0.6 is 12.4 Å². The summed E-state index contributed by atoms with van der Waals surface area (Å²) >= 11 is 0. The minimum Gasteiger partial charge on any atom is -0.365 e.